The van der Waals surface area contributed by atoms with Crippen LogP contribution in [-0.2, 0) is 10.8 Å². The highest BCUT2D eigenvalue weighted by Gasteiger charge is 2.46. The monoisotopic (exact) mass is 1010 g/mol. The van der Waals surface area contributed by atoms with Crippen LogP contribution in [0.15, 0.2) is 193 Å². The molecule has 0 saturated carbocycles. The number of fused-ring (bicyclic) bond motifs is 15. The van der Waals surface area contributed by atoms with Crippen molar-refractivity contribution in [1.82, 2.24) is 9.13 Å². The van der Waals surface area contributed by atoms with Crippen LogP contribution in [0.1, 0.15) is 102 Å². The van der Waals surface area contributed by atoms with Crippen LogP contribution in [0.25, 0.3) is 86.3 Å². The summed E-state index contributed by atoms with van der Waals surface area (Å²) < 4.78 is 314. The molecule has 3 aromatic heterocycles. The van der Waals surface area contributed by atoms with Crippen molar-refractivity contribution in [2.24, 2.45) is 0 Å². The summed E-state index contributed by atoms with van der Waals surface area (Å²) in [5.74, 6) is 0. The van der Waals surface area contributed by atoms with E-state index < -0.39 is 300 Å². The van der Waals surface area contributed by atoms with Crippen LogP contribution in [0.4, 0.5) is 34.1 Å². The van der Waals surface area contributed by atoms with Gasteiger partial charge in [0.15, 0.2) is 0 Å². The lowest BCUT2D eigenvalue weighted by atomic mass is 9.33. The van der Waals surface area contributed by atoms with Gasteiger partial charge in [-0.3, -0.25) is 0 Å². The summed E-state index contributed by atoms with van der Waals surface area (Å²) in [6, 6.07) is -25.0. The van der Waals surface area contributed by atoms with Crippen molar-refractivity contribution in [2.45, 2.75) is 59.3 Å². The lowest BCUT2D eigenvalue weighted by Gasteiger charge is -2.46. The van der Waals surface area contributed by atoms with Crippen molar-refractivity contribution in [1.29, 1.82) is 0 Å². The summed E-state index contributed by atoms with van der Waals surface area (Å²) >= 11 is 0.658. The van der Waals surface area contributed by atoms with Gasteiger partial charge in [0.1, 0.15) is 0 Å². The third-order valence-corrected chi connectivity index (χ3v) is 15.2. The Balaban J connectivity index is 1.15. The van der Waals surface area contributed by atoms with Crippen LogP contribution in [0.2, 0.25) is 0 Å². The molecule has 0 atom stereocenters. The van der Waals surface area contributed by atoms with Gasteiger partial charge in [0, 0.05) is 70.2 Å². The standard InChI is InChI=1S/C69H53BN4S/c1-40-35-60-65-61(36-40)74-57-21-12-18-48-47-15-8-10-20-54(47)73(66(48)57)58-22-14-19-53(67(58)74)70(65)52-32-31-45(72-55-33-27-42(68(2,3)4)37-50(55)51-38-43(69(5,6)7)28-34-56(51)72)39-59(52)71(60)44-29-25-41(26-30-44)46-17-13-24-63-64(46)49-16-9-11-23-62(49)75-63/h8-39H,1-7H3/i8D,9D,10D,11D,12D,13D,14D,15D,16D,17D,18D,19D,20D,21D,22D,23D,24D,25D,26D,27D,28D,29D,30D,31D,32D,33D,34D,35D,36D,37D,38D,39D. The predicted molar refractivity (Wildman–Crippen MR) is 323 cm³/mol. The normalized spacial score (nSPS) is 19.7. The minimum Gasteiger partial charge on any atom is -0.311 e. The van der Waals surface area contributed by atoms with Crippen molar-refractivity contribution in [3.63, 3.8) is 0 Å². The number of aromatic nitrogens is 2. The first kappa shape index (κ1) is 22.3. The van der Waals surface area contributed by atoms with E-state index in [0.29, 0.717) is 11.3 Å². The number of benzene rings is 10. The first-order valence-electron chi connectivity index (χ1n) is 40.0. The van der Waals surface area contributed by atoms with Gasteiger partial charge in [0.25, 0.3) is 6.71 Å². The van der Waals surface area contributed by atoms with Crippen LogP contribution in [-0.4, -0.2) is 15.8 Å². The highest BCUT2D eigenvalue weighted by molar-refractivity contribution is 7.26. The molecule has 0 radical (unpaired) electrons. The second-order valence-corrected chi connectivity index (χ2v) is 21.9. The van der Waals surface area contributed by atoms with Crippen LogP contribution in [0, 0.1) is 6.92 Å². The van der Waals surface area contributed by atoms with Gasteiger partial charge in [-0.25, -0.2) is 0 Å². The summed E-state index contributed by atoms with van der Waals surface area (Å²) in [5.41, 5.74) is -11.9. The first-order chi connectivity index (χ1) is 49.8. The second kappa shape index (κ2) is 14.9. The SMILES string of the molecule is [2H]c1c([2H])c2c3c(c1[2H])-n1c4c([2H])c([2H])c([2H])c([2H])c4c4c([2H])c([2H])c([2H])c(c41)N3c1c([2H])c(C)c([2H])c3c1B2c1c([2H])c([2H])c(-n2c4c([2H])c([2H])c(C(C)(C)C)c([2H])c4c4c([2H])c(C(C)(C)C)c([2H])c([2H])c42)c([2H])c1N3c1c([2H])c([2H])c(-c2c([2H])c([2H])c([2H])c3sc4c([2H])c([2H])c([2H])c([2H])c4c23)c([2H])c1[2H]. The van der Waals surface area contributed by atoms with Gasteiger partial charge in [-0.15, -0.1) is 11.3 Å². The van der Waals surface area contributed by atoms with Crippen LogP contribution in [0.3, 0.4) is 0 Å². The van der Waals surface area contributed by atoms with E-state index in [9.17, 15) is 32.9 Å². The van der Waals surface area contributed by atoms with Crippen LogP contribution < -0.4 is 26.2 Å². The third kappa shape index (κ3) is 5.89. The van der Waals surface area contributed by atoms with Crippen molar-refractivity contribution >= 4 is 132 Å². The molecule has 13 aromatic rings. The Morgan fingerprint density at radius 2 is 1.05 bits per heavy atom. The van der Waals surface area contributed by atoms with Gasteiger partial charge >= 0.3 is 0 Å². The van der Waals surface area contributed by atoms with Gasteiger partial charge in [0.05, 0.1) is 83.0 Å². The number of thiophene rings is 1. The lowest BCUT2D eigenvalue weighted by molar-refractivity contribution is 0.590. The largest absolute Gasteiger partial charge is 0.311 e. The quantitative estimate of drug-likeness (QED) is 0.164. The molecule has 6 heterocycles. The second-order valence-electron chi connectivity index (χ2n) is 20.8. The molecule has 0 amide bonds. The molecule has 0 spiro atoms. The van der Waals surface area contributed by atoms with Crippen LogP contribution in [0.5, 0.6) is 0 Å². The maximum Gasteiger partial charge on any atom is 0.252 e. The Hall–Kier alpha value is -8.32. The number of anilines is 6. The summed E-state index contributed by atoms with van der Waals surface area (Å²) in [7, 11) is 0. The molecule has 0 saturated heterocycles. The van der Waals surface area contributed by atoms with Gasteiger partial charge in [-0.1, -0.05) is 144 Å². The smallest absolute Gasteiger partial charge is 0.252 e. The molecular formula is C69H53BN4S. The molecule has 0 N–H and O–H groups in total. The van der Waals surface area contributed by atoms with Crippen molar-refractivity contribution in [2.75, 3.05) is 9.80 Å². The van der Waals surface area contributed by atoms with Gasteiger partial charge in [-0.2, -0.15) is 0 Å². The van der Waals surface area contributed by atoms with Crippen molar-refractivity contribution < 1.29 is 43.9 Å². The predicted octanol–water partition coefficient (Wildman–Crippen LogP) is 17.2. The fourth-order valence-electron chi connectivity index (χ4n) is 10.9. The molecule has 0 aliphatic carbocycles. The van der Waals surface area contributed by atoms with Gasteiger partial charge < -0.3 is 18.9 Å². The highest BCUT2D eigenvalue weighted by Crippen LogP contribution is 2.53. The molecule has 75 heavy (non-hydrogen) atoms. The minimum absolute atomic E-state index is 0.000396. The zero-order chi connectivity index (χ0) is 78.2. The topological polar surface area (TPSA) is 16.3 Å². The molecule has 3 aliphatic rings. The molecule has 0 unspecified atom stereocenters. The fourth-order valence-corrected chi connectivity index (χ4v) is 11.8. The Bertz CT molecular complexity index is 6480. The number of nitrogens with zero attached hydrogens (tertiary/aromatic N) is 4. The minimum atomic E-state index is -2.02. The first-order valence-corrected chi connectivity index (χ1v) is 24.8. The van der Waals surface area contributed by atoms with Crippen molar-refractivity contribution in [3.05, 3.63) is 210 Å². The number of hydrogen-bond donors (Lipinski definition) is 0. The van der Waals surface area contributed by atoms with Gasteiger partial charge in [0.2, 0.25) is 0 Å². The average molecular weight is 1010 g/mol. The summed E-state index contributed by atoms with van der Waals surface area (Å²) in [6.45, 7) is 9.36. The lowest BCUT2D eigenvalue weighted by Crippen LogP contribution is -2.61. The molecule has 6 heteroatoms. The summed E-state index contributed by atoms with van der Waals surface area (Å²) in [5, 5.41) is -1.81. The number of hydrogen-bond acceptors (Lipinski definition) is 3. The van der Waals surface area contributed by atoms with Gasteiger partial charge in [-0.05, 0) is 153 Å². The zero-order valence-corrected chi connectivity index (χ0v) is 41.6. The Morgan fingerprint density at radius 3 is 1.80 bits per heavy atom. The molecule has 16 rings (SSSR count). The van der Waals surface area contributed by atoms with E-state index in [2.05, 4.69) is 0 Å². The third-order valence-electron chi connectivity index (χ3n) is 14.2. The van der Waals surface area contributed by atoms with E-state index in [1.54, 1.807) is 41.5 Å². The van der Waals surface area contributed by atoms with E-state index in [1.807, 2.05) is 0 Å². The molecule has 10 aromatic carbocycles. The van der Waals surface area contributed by atoms with Crippen molar-refractivity contribution in [3.8, 4) is 22.5 Å². The molecule has 0 bridgehead atoms. The molecule has 358 valence electrons. The Labute approximate surface area is 486 Å². The Kier molecular flexibility index (Phi) is 4.43. The summed E-state index contributed by atoms with van der Waals surface area (Å²) in [4.78, 5) is 2.00. The summed E-state index contributed by atoms with van der Waals surface area (Å²) in [6.07, 6.45) is 0. The van der Waals surface area contributed by atoms with Crippen LogP contribution >= 0.6 is 11.3 Å². The molecular weight excluding hydrogens is 928 g/mol. The molecule has 4 nitrogen and oxygen atoms in total. The number of rotatable bonds is 3. The highest BCUT2D eigenvalue weighted by atomic mass is 32.1. The zero-order valence-electron chi connectivity index (χ0n) is 72.8. The maximum absolute atomic E-state index is 11.1. The van der Waals surface area contributed by atoms with E-state index >= 15 is 0 Å². The fraction of sp³-hybridized carbons (Fsp3) is 0.130. The Morgan fingerprint density at radius 1 is 0.440 bits per heavy atom. The van der Waals surface area contributed by atoms with E-state index in [1.165, 1.54) is 6.92 Å². The molecule has 3 aliphatic heterocycles. The van der Waals surface area contributed by atoms with E-state index in [0.717, 1.165) is 18.9 Å². The maximum atomic E-state index is 11.1. The molecule has 0 fully saturated rings. The van der Waals surface area contributed by atoms with E-state index in [4.69, 9.17) is 11.0 Å². The number of para-hydroxylation sites is 3. The average Bonchev–Trinajstić information content (AvgIpc) is 1.64. The van der Waals surface area contributed by atoms with E-state index in [-0.39, 0.29) is 63.9 Å².